The number of pyridine rings is 1. The third kappa shape index (κ3) is 5.14. The molecule has 3 rings (SSSR count). The van der Waals surface area contributed by atoms with Crippen LogP contribution in [0.4, 0.5) is 10.1 Å². The first-order valence-electron chi connectivity index (χ1n) is 8.47. The molecular formula is C21H20FN3O. The lowest BCUT2D eigenvalue weighted by Gasteiger charge is -2.08. The van der Waals surface area contributed by atoms with Crippen LogP contribution >= 0.6 is 0 Å². The molecule has 0 atom stereocenters. The number of benzene rings is 2. The van der Waals surface area contributed by atoms with Crippen molar-refractivity contribution in [2.75, 3.05) is 11.9 Å². The summed E-state index contributed by atoms with van der Waals surface area (Å²) in [4.78, 5) is 16.3. The topological polar surface area (TPSA) is 54.0 Å². The van der Waals surface area contributed by atoms with Gasteiger partial charge in [-0.25, -0.2) is 9.37 Å². The highest BCUT2D eigenvalue weighted by atomic mass is 19.1. The van der Waals surface area contributed by atoms with E-state index in [-0.39, 0.29) is 11.7 Å². The SMILES string of the molecule is O=C(NCc1ccc(F)cc1)c1ccc(NCCc2ccccc2)cn1. The van der Waals surface area contributed by atoms with Gasteiger partial charge in [-0.05, 0) is 41.8 Å². The number of anilines is 1. The summed E-state index contributed by atoms with van der Waals surface area (Å²) in [6.45, 7) is 1.12. The second kappa shape index (κ2) is 8.76. The molecule has 2 aromatic carbocycles. The summed E-state index contributed by atoms with van der Waals surface area (Å²) in [7, 11) is 0. The summed E-state index contributed by atoms with van der Waals surface area (Å²) < 4.78 is 12.9. The average molecular weight is 349 g/mol. The zero-order valence-electron chi connectivity index (χ0n) is 14.3. The van der Waals surface area contributed by atoms with Crippen molar-refractivity contribution in [3.8, 4) is 0 Å². The minimum Gasteiger partial charge on any atom is -0.383 e. The van der Waals surface area contributed by atoms with E-state index in [1.54, 1.807) is 24.4 Å². The molecule has 5 heteroatoms. The maximum absolute atomic E-state index is 12.9. The van der Waals surface area contributed by atoms with E-state index >= 15 is 0 Å². The van der Waals surface area contributed by atoms with E-state index in [0.29, 0.717) is 12.2 Å². The molecule has 0 unspecified atom stereocenters. The Bertz CT molecular complexity index is 833. The van der Waals surface area contributed by atoms with Crippen LogP contribution in [0.3, 0.4) is 0 Å². The van der Waals surface area contributed by atoms with Gasteiger partial charge in [0.15, 0.2) is 0 Å². The molecular weight excluding hydrogens is 329 g/mol. The van der Waals surface area contributed by atoms with Crippen LogP contribution in [-0.2, 0) is 13.0 Å². The Kier molecular flexibility index (Phi) is 5.93. The number of carbonyl (C=O) groups excluding carboxylic acids is 1. The van der Waals surface area contributed by atoms with E-state index in [0.717, 1.165) is 24.2 Å². The first-order chi connectivity index (χ1) is 12.7. The summed E-state index contributed by atoms with van der Waals surface area (Å²) in [6.07, 6.45) is 2.57. The Morgan fingerprint density at radius 2 is 1.69 bits per heavy atom. The molecule has 132 valence electrons. The monoisotopic (exact) mass is 349 g/mol. The van der Waals surface area contributed by atoms with Crippen molar-refractivity contribution in [3.63, 3.8) is 0 Å². The van der Waals surface area contributed by atoms with Crippen molar-refractivity contribution in [1.29, 1.82) is 0 Å². The summed E-state index contributed by atoms with van der Waals surface area (Å²) in [5, 5.41) is 6.07. The number of amides is 1. The molecule has 0 saturated carbocycles. The van der Waals surface area contributed by atoms with Crippen LogP contribution < -0.4 is 10.6 Å². The van der Waals surface area contributed by atoms with E-state index in [1.165, 1.54) is 17.7 Å². The van der Waals surface area contributed by atoms with Gasteiger partial charge in [-0.15, -0.1) is 0 Å². The van der Waals surface area contributed by atoms with Crippen LogP contribution in [0.5, 0.6) is 0 Å². The molecule has 0 spiro atoms. The van der Waals surface area contributed by atoms with Crippen molar-refractivity contribution in [3.05, 3.63) is 95.6 Å². The van der Waals surface area contributed by atoms with Gasteiger partial charge in [0.05, 0.1) is 11.9 Å². The van der Waals surface area contributed by atoms with Gasteiger partial charge in [-0.2, -0.15) is 0 Å². The zero-order valence-corrected chi connectivity index (χ0v) is 14.3. The Balaban J connectivity index is 1.47. The molecule has 26 heavy (non-hydrogen) atoms. The quantitative estimate of drug-likeness (QED) is 0.682. The Hall–Kier alpha value is -3.21. The van der Waals surface area contributed by atoms with Gasteiger partial charge in [0.2, 0.25) is 0 Å². The summed E-state index contributed by atoms with van der Waals surface area (Å²) in [5.74, 6) is -0.553. The van der Waals surface area contributed by atoms with Crippen LogP contribution in [0, 0.1) is 5.82 Å². The van der Waals surface area contributed by atoms with Gasteiger partial charge in [-0.3, -0.25) is 4.79 Å². The standard InChI is InChI=1S/C21H20FN3O/c22-18-8-6-17(7-9-18)14-25-21(26)20-11-10-19(15-24-20)23-13-12-16-4-2-1-3-5-16/h1-11,15,23H,12-14H2,(H,25,26). The van der Waals surface area contributed by atoms with Crippen LogP contribution in [0.25, 0.3) is 0 Å². The first-order valence-corrected chi connectivity index (χ1v) is 8.47. The summed E-state index contributed by atoms with van der Waals surface area (Å²) in [6, 6.07) is 19.8. The maximum Gasteiger partial charge on any atom is 0.270 e. The number of hydrogen-bond acceptors (Lipinski definition) is 3. The number of nitrogens with one attached hydrogen (secondary N) is 2. The molecule has 0 aliphatic carbocycles. The lowest BCUT2D eigenvalue weighted by Crippen LogP contribution is -2.23. The van der Waals surface area contributed by atoms with Gasteiger partial charge in [0, 0.05) is 13.1 Å². The molecule has 0 saturated heterocycles. The smallest absolute Gasteiger partial charge is 0.270 e. The van der Waals surface area contributed by atoms with Gasteiger partial charge >= 0.3 is 0 Å². The molecule has 0 fully saturated rings. The molecule has 0 aliphatic heterocycles. The Labute approximate surface area is 152 Å². The molecule has 1 heterocycles. The molecule has 0 radical (unpaired) electrons. The highest BCUT2D eigenvalue weighted by Crippen LogP contribution is 2.08. The Morgan fingerprint density at radius 1 is 0.923 bits per heavy atom. The van der Waals surface area contributed by atoms with E-state index in [2.05, 4.69) is 27.8 Å². The van der Waals surface area contributed by atoms with E-state index in [1.807, 2.05) is 24.3 Å². The fourth-order valence-corrected chi connectivity index (χ4v) is 2.50. The van der Waals surface area contributed by atoms with Gasteiger partial charge in [0.1, 0.15) is 11.5 Å². The summed E-state index contributed by atoms with van der Waals surface area (Å²) >= 11 is 0. The maximum atomic E-state index is 12.9. The Morgan fingerprint density at radius 3 is 2.38 bits per heavy atom. The highest BCUT2D eigenvalue weighted by molar-refractivity contribution is 5.92. The van der Waals surface area contributed by atoms with Crippen LogP contribution in [0.15, 0.2) is 72.9 Å². The van der Waals surface area contributed by atoms with E-state index in [4.69, 9.17) is 0 Å². The number of carbonyl (C=O) groups is 1. The number of hydrogen-bond donors (Lipinski definition) is 2. The van der Waals surface area contributed by atoms with Gasteiger partial charge in [0.25, 0.3) is 5.91 Å². The molecule has 2 N–H and O–H groups in total. The van der Waals surface area contributed by atoms with Crippen molar-refractivity contribution in [1.82, 2.24) is 10.3 Å². The number of nitrogens with zero attached hydrogens (tertiary/aromatic N) is 1. The molecule has 0 aliphatic rings. The third-order valence-corrected chi connectivity index (χ3v) is 3.95. The molecule has 4 nitrogen and oxygen atoms in total. The van der Waals surface area contributed by atoms with E-state index < -0.39 is 0 Å². The number of aromatic nitrogens is 1. The lowest BCUT2D eigenvalue weighted by molar-refractivity contribution is 0.0946. The van der Waals surface area contributed by atoms with Crippen LogP contribution in [-0.4, -0.2) is 17.4 Å². The van der Waals surface area contributed by atoms with Gasteiger partial charge in [-0.1, -0.05) is 42.5 Å². The predicted octanol–water partition coefficient (Wildman–Crippen LogP) is 3.81. The fraction of sp³-hybridized carbons (Fsp3) is 0.143. The lowest BCUT2D eigenvalue weighted by atomic mass is 10.1. The van der Waals surface area contributed by atoms with Crippen molar-refractivity contribution in [2.45, 2.75) is 13.0 Å². The fourth-order valence-electron chi connectivity index (χ4n) is 2.50. The highest BCUT2D eigenvalue weighted by Gasteiger charge is 2.07. The minimum atomic E-state index is -0.294. The average Bonchev–Trinajstić information content (AvgIpc) is 2.69. The van der Waals surface area contributed by atoms with Gasteiger partial charge < -0.3 is 10.6 Å². The normalized spacial score (nSPS) is 10.3. The molecule has 1 aromatic heterocycles. The van der Waals surface area contributed by atoms with Crippen molar-refractivity contribution in [2.24, 2.45) is 0 Å². The zero-order chi connectivity index (χ0) is 18.2. The second-order valence-corrected chi connectivity index (χ2v) is 5.90. The number of rotatable bonds is 7. The van der Waals surface area contributed by atoms with Crippen LogP contribution in [0.1, 0.15) is 21.6 Å². The first kappa shape index (κ1) is 17.6. The largest absolute Gasteiger partial charge is 0.383 e. The van der Waals surface area contributed by atoms with Crippen molar-refractivity contribution >= 4 is 11.6 Å². The third-order valence-electron chi connectivity index (χ3n) is 3.95. The van der Waals surface area contributed by atoms with Crippen LogP contribution in [0.2, 0.25) is 0 Å². The molecule has 3 aromatic rings. The summed E-state index contributed by atoms with van der Waals surface area (Å²) in [5.41, 5.74) is 3.32. The predicted molar refractivity (Wildman–Crippen MR) is 100 cm³/mol. The minimum absolute atomic E-state index is 0.259. The van der Waals surface area contributed by atoms with Crippen molar-refractivity contribution < 1.29 is 9.18 Å². The molecule has 1 amide bonds. The van der Waals surface area contributed by atoms with E-state index in [9.17, 15) is 9.18 Å². The number of halogens is 1. The second-order valence-electron chi connectivity index (χ2n) is 5.90. The molecule has 0 bridgehead atoms.